The van der Waals surface area contributed by atoms with Gasteiger partial charge in [0.05, 0.1) is 0 Å². The molecule has 1 saturated heterocycles. The highest BCUT2D eigenvalue weighted by molar-refractivity contribution is 5.94. The van der Waals surface area contributed by atoms with Crippen molar-refractivity contribution < 1.29 is 18.0 Å². The summed E-state index contributed by atoms with van der Waals surface area (Å²) in [4.78, 5) is 12.1. The summed E-state index contributed by atoms with van der Waals surface area (Å²) in [6.07, 6.45) is 2.07. The smallest absolute Gasteiger partial charge is 0.251 e. The molecule has 1 heterocycles. The highest BCUT2D eigenvalue weighted by Crippen LogP contribution is 2.24. The third kappa shape index (κ3) is 4.20. The molecule has 1 amide bonds. The van der Waals surface area contributed by atoms with Gasteiger partial charge in [-0.1, -0.05) is 12.1 Å². The fourth-order valence-electron chi connectivity index (χ4n) is 2.99. The van der Waals surface area contributed by atoms with Crippen molar-refractivity contribution in [1.29, 1.82) is 0 Å². The van der Waals surface area contributed by atoms with Gasteiger partial charge in [0.25, 0.3) is 5.91 Å². The average Bonchev–Trinajstić information content (AvgIpc) is 3.12. The van der Waals surface area contributed by atoms with Crippen LogP contribution in [0.2, 0.25) is 0 Å². The maximum Gasteiger partial charge on any atom is 0.251 e. The third-order valence-corrected chi connectivity index (χ3v) is 4.46. The predicted octanol–water partition coefficient (Wildman–Crippen LogP) is 3.50. The van der Waals surface area contributed by atoms with Gasteiger partial charge in [0.15, 0.2) is 17.5 Å². The second-order valence-corrected chi connectivity index (χ2v) is 6.23. The van der Waals surface area contributed by atoms with Gasteiger partial charge in [0.1, 0.15) is 0 Å². The van der Waals surface area contributed by atoms with E-state index in [9.17, 15) is 18.0 Å². The summed E-state index contributed by atoms with van der Waals surface area (Å²) < 4.78 is 39.7. The summed E-state index contributed by atoms with van der Waals surface area (Å²) >= 11 is 0. The largest absolute Gasteiger partial charge is 0.352 e. The normalized spacial score (nSPS) is 16.8. The van der Waals surface area contributed by atoms with Crippen LogP contribution in [0, 0.1) is 23.4 Å². The van der Waals surface area contributed by atoms with Gasteiger partial charge in [-0.2, -0.15) is 0 Å². The predicted molar refractivity (Wildman–Crippen MR) is 89.7 cm³/mol. The molecule has 6 heteroatoms. The van der Waals surface area contributed by atoms with E-state index in [1.807, 2.05) is 0 Å². The van der Waals surface area contributed by atoms with Gasteiger partial charge in [0.2, 0.25) is 0 Å². The van der Waals surface area contributed by atoms with Crippen molar-refractivity contribution >= 4 is 5.91 Å². The average molecular weight is 348 g/mol. The summed E-state index contributed by atoms with van der Waals surface area (Å²) in [5, 5.41) is 6.16. The number of benzene rings is 2. The first kappa shape index (κ1) is 17.5. The number of carbonyl (C=O) groups is 1. The van der Waals surface area contributed by atoms with E-state index < -0.39 is 17.5 Å². The van der Waals surface area contributed by atoms with Gasteiger partial charge in [-0.05, 0) is 67.2 Å². The minimum atomic E-state index is -1.49. The van der Waals surface area contributed by atoms with Crippen LogP contribution in [0.1, 0.15) is 23.2 Å². The molecule has 0 bridgehead atoms. The number of hydrogen-bond acceptors (Lipinski definition) is 2. The van der Waals surface area contributed by atoms with Crippen LogP contribution < -0.4 is 10.6 Å². The monoisotopic (exact) mass is 348 g/mol. The Morgan fingerprint density at radius 3 is 2.36 bits per heavy atom. The van der Waals surface area contributed by atoms with Crippen LogP contribution in [0.5, 0.6) is 0 Å². The van der Waals surface area contributed by atoms with Crippen LogP contribution in [0.3, 0.4) is 0 Å². The zero-order chi connectivity index (χ0) is 17.8. The molecular weight excluding hydrogens is 329 g/mol. The summed E-state index contributed by atoms with van der Waals surface area (Å²) in [5.41, 5.74) is 1.19. The lowest BCUT2D eigenvalue weighted by atomic mass is 10.0. The van der Waals surface area contributed by atoms with Crippen molar-refractivity contribution in [3.63, 3.8) is 0 Å². The van der Waals surface area contributed by atoms with Crippen molar-refractivity contribution in [2.24, 2.45) is 5.92 Å². The molecule has 1 fully saturated rings. The molecular formula is C19H19F3N2O. The van der Waals surface area contributed by atoms with Crippen LogP contribution in [-0.4, -0.2) is 25.5 Å². The lowest BCUT2D eigenvalue weighted by molar-refractivity contribution is 0.0951. The summed E-state index contributed by atoms with van der Waals surface area (Å²) in [5.74, 6) is -3.55. The lowest BCUT2D eigenvalue weighted by Gasteiger charge is -2.10. The maximum atomic E-state index is 13.3. The van der Waals surface area contributed by atoms with Gasteiger partial charge in [0, 0.05) is 12.1 Å². The number of amides is 1. The number of halogens is 3. The lowest BCUT2D eigenvalue weighted by Crippen LogP contribution is -2.26. The van der Waals surface area contributed by atoms with Crippen LogP contribution in [0.25, 0.3) is 11.1 Å². The molecule has 3 rings (SSSR count). The summed E-state index contributed by atoms with van der Waals surface area (Å²) in [6.45, 7) is 2.64. The number of rotatable bonds is 5. The highest BCUT2D eigenvalue weighted by atomic mass is 19.2. The van der Waals surface area contributed by atoms with E-state index in [4.69, 9.17) is 0 Å². The first-order chi connectivity index (χ1) is 12.0. The van der Waals surface area contributed by atoms with Crippen LogP contribution >= 0.6 is 0 Å². The first-order valence-electron chi connectivity index (χ1n) is 8.28. The minimum absolute atomic E-state index is 0.186. The van der Waals surface area contributed by atoms with Crippen molar-refractivity contribution in [1.82, 2.24) is 10.6 Å². The molecule has 1 atom stereocenters. The van der Waals surface area contributed by atoms with Crippen molar-refractivity contribution in [3.8, 4) is 11.1 Å². The molecule has 0 aromatic heterocycles. The minimum Gasteiger partial charge on any atom is -0.352 e. The Bertz CT molecular complexity index is 733. The van der Waals surface area contributed by atoms with E-state index in [1.165, 1.54) is 0 Å². The molecule has 132 valence electrons. The molecule has 0 aliphatic carbocycles. The number of hydrogen-bond donors (Lipinski definition) is 2. The molecule has 2 aromatic carbocycles. The number of nitrogens with one attached hydrogen (secondary N) is 2. The summed E-state index contributed by atoms with van der Waals surface area (Å²) in [6, 6.07) is 8.21. The van der Waals surface area contributed by atoms with E-state index in [-0.39, 0.29) is 11.5 Å². The van der Waals surface area contributed by atoms with Crippen LogP contribution in [0.15, 0.2) is 36.4 Å². The molecule has 1 aliphatic rings. The van der Waals surface area contributed by atoms with Crippen molar-refractivity contribution in [3.05, 3.63) is 59.4 Å². The molecule has 1 aliphatic heterocycles. The van der Waals surface area contributed by atoms with E-state index in [2.05, 4.69) is 10.6 Å². The van der Waals surface area contributed by atoms with Crippen molar-refractivity contribution in [2.75, 3.05) is 19.6 Å². The fraction of sp³-hybridized carbons (Fsp3) is 0.316. The molecule has 2 N–H and O–H groups in total. The summed E-state index contributed by atoms with van der Waals surface area (Å²) in [7, 11) is 0. The molecule has 0 saturated carbocycles. The van der Waals surface area contributed by atoms with E-state index >= 15 is 0 Å². The van der Waals surface area contributed by atoms with E-state index in [1.54, 1.807) is 24.3 Å². The maximum absolute atomic E-state index is 13.3. The Morgan fingerprint density at radius 2 is 1.76 bits per heavy atom. The van der Waals surface area contributed by atoms with Gasteiger partial charge < -0.3 is 10.6 Å². The van der Waals surface area contributed by atoms with E-state index in [0.29, 0.717) is 23.6 Å². The zero-order valence-electron chi connectivity index (χ0n) is 13.6. The van der Waals surface area contributed by atoms with Gasteiger partial charge in [-0.3, -0.25) is 4.79 Å². The molecule has 3 nitrogen and oxygen atoms in total. The van der Waals surface area contributed by atoms with Gasteiger partial charge >= 0.3 is 0 Å². The highest BCUT2D eigenvalue weighted by Gasteiger charge is 2.15. The van der Waals surface area contributed by atoms with Gasteiger partial charge in [-0.25, -0.2) is 13.2 Å². The second kappa shape index (κ2) is 7.70. The Labute approximate surface area is 144 Å². The Balaban J connectivity index is 1.62. The topological polar surface area (TPSA) is 41.1 Å². The van der Waals surface area contributed by atoms with Gasteiger partial charge in [-0.15, -0.1) is 0 Å². The Morgan fingerprint density at radius 1 is 1.08 bits per heavy atom. The molecule has 1 unspecified atom stereocenters. The quantitative estimate of drug-likeness (QED) is 0.812. The molecule has 25 heavy (non-hydrogen) atoms. The fourth-order valence-corrected chi connectivity index (χ4v) is 2.99. The Hall–Kier alpha value is -2.34. The third-order valence-electron chi connectivity index (χ3n) is 4.46. The SMILES string of the molecule is O=C(NCCC1CCNC1)c1ccc(-c2cc(F)c(F)c(F)c2)cc1. The zero-order valence-corrected chi connectivity index (χ0v) is 13.6. The second-order valence-electron chi connectivity index (χ2n) is 6.23. The number of carbonyl (C=O) groups excluding carboxylic acids is 1. The molecule has 0 radical (unpaired) electrons. The first-order valence-corrected chi connectivity index (χ1v) is 8.28. The van der Waals surface area contributed by atoms with Crippen molar-refractivity contribution in [2.45, 2.75) is 12.8 Å². The van der Waals surface area contributed by atoms with Crippen LogP contribution in [-0.2, 0) is 0 Å². The van der Waals surface area contributed by atoms with E-state index in [0.717, 1.165) is 38.1 Å². The molecule has 0 spiro atoms. The Kier molecular flexibility index (Phi) is 5.38. The molecule has 2 aromatic rings. The standard InChI is InChI=1S/C19H19F3N2O/c20-16-9-15(10-17(21)18(16)22)13-1-3-14(4-2-13)19(25)24-8-6-12-5-7-23-11-12/h1-4,9-10,12,23H,5-8,11H2,(H,24,25). The van der Waals surface area contributed by atoms with Crippen LogP contribution in [0.4, 0.5) is 13.2 Å².